The van der Waals surface area contributed by atoms with Gasteiger partial charge in [-0.2, -0.15) is 0 Å². The van der Waals surface area contributed by atoms with Gasteiger partial charge in [0.1, 0.15) is 0 Å². The van der Waals surface area contributed by atoms with Gasteiger partial charge in [0.05, 0.1) is 15.7 Å². The van der Waals surface area contributed by atoms with Crippen LogP contribution in [0.25, 0.3) is 11.1 Å². The van der Waals surface area contributed by atoms with Crippen molar-refractivity contribution in [3.05, 3.63) is 52.5 Å². The van der Waals surface area contributed by atoms with E-state index in [1.165, 1.54) is 4.90 Å². The lowest BCUT2D eigenvalue weighted by Crippen LogP contribution is -2.35. The van der Waals surface area contributed by atoms with Crippen molar-refractivity contribution in [1.82, 2.24) is 4.90 Å². The Labute approximate surface area is 157 Å². The van der Waals surface area contributed by atoms with Gasteiger partial charge in [-0.1, -0.05) is 47.5 Å². The molecule has 1 fully saturated rings. The Morgan fingerprint density at radius 2 is 2.00 bits per heavy atom. The normalized spacial score (nSPS) is 17.6. The summed E-state index contributed by atoms with van der Waals surface area (Å²) in [7, 11) is 2.06. The summed E-state index contributed by atoms with van der Waals surface area (Å²) in [5.41, 5.74) is 2.34. The Bertz CT molecular complexity index is 782. The van der Waals surface area contributed by atoms with Crippen molar-refractivity contribution in [3.63, 3.8) is 0 Å². The molecule has 25 heavy (non-hydrogen) atoms. The minimum absolute atomic E-state index is 0.336. The molecule has 1 unspecified atom stereocenters. The molecule has 132 valence electrons. The molecule has 0 radical (unpaired) electrons. The van der Waals surface area contributed by atoms with E-state index in [2.05, 4.69) is 11.9 Å². The van der Waals surface area contributed by atoms with Gasteiger partial charge in [-0.05, 0) is 49.7 Å². The van der Waals surface area contributed by atoms with Gasteiger partial charge in [-0.25, -0.2) is 4.79 Å². The van der Waals surface area contributed by atoms with Crippen LogP contribution in [0.1, 0.15) is 6.42 Å². The second-order valence-electron chi connectivity index (χ2n) is 6.46. The van der Waals surface area contributed by atoms with Crippen LogP contribution in [0.4, 0.5) is 10.5 Å². The summed E-state index contributed by atoms with van der Waals surface area (Å²) in [6, 6.07) is 12.9. The number of carboxylic acid groups (broad SMARTS) is 1. The monoisotopic (exact) mass is 378 g/mol. The second kappa shape index (κ2) is 7.65. The number of hydrogen-bond donors (Lipinski definition) is 1. The van der Waals surface area contributed by atoms with Crippen molar-refractivity contribution in [1.29, 1.82) is 0 Å². The smallest absolute Gasteiger partial charge is 0.411 e. The molecule has 0 spiro atoms. The zero-order valence-electron chi connectivity index (χ0n) is 14.0. The molecule has 0 aromatic heterocycles. The average molecular weight is 379 g/mol. The van der Waals surface area contributed by atoms with Crippen LogP contribution in [0.5, 0.6) is 0 Å². The van der Waals surface area contributed by atoms with Gasteiger partial charge in [0.15, 0.2) is 0 Å². The van der Waals surface area contributed by atoms with Crippen LogP contribution in [-0.4, -0.2) is 42.8 Å². The first kappa shape index (κ1) is 18.1. The summed E-state index contributed by atoms with van der Waals surface area (Å²) in [6.45, 7) is 2.41. The Morgan fingerprint density at radius 3 is 2.64 bits per heavy atom. The molecule has 2 aromatic rings. The average Bonchev–Trinajstić information content (AvgIpc) is 3.00. The molecule has 0 bridgehead atoms. The highest BCUT2D eigenvalue weighted by molar-refractivity contribution is 6.42. The number of halogens is 2. The van der Waals surface area contributed by atoms with Crippen molar-refractivity contribution in [2.75, 3.05) is 31.6 Å². The first-order valence-corrected chi connectivity index (χ1v) is 8.94. The molecular formula is C19H20Cl2N2O2. The fourth-order valence-electron chi connectivity index (χ4n) is 3.33. The molecule has 1 amide bonds. The Balaban J connectivity index is 1.96. The summed E-state index contributed by atoms with van der Waals surface area (Å²) in [6.07, 6.45) is 0.0666. The number of anilines is 1. The minimum atomic E-state index is -0.943. The lowest BCUT2D eigenvalue weighted by Gasteiger charge is -2.25. The van der Waals surface area contributed by atoms with Crippen LogP contribution in [-0.2, 0) is 0 Å². The standard InChI is InChI=1S/C19H20Cl2N2O2/c1-22-9-8-13(11-22)12-23(19(24)25)18-5-3-2-4-15(18)14-6-7-16(20)17(21)10-14/h2-7,10,13H,8-9,11-12H2,1H3,(H,24,25). The molecular weight excluding hydrogens is 359 g/mol. The molecule has 2 aromatic carbocycles. The number of nitrogens with zero attached hydrogens (tertiary/aromatic N) is 2. The topological polar surface area (TPSA) is 43.8 Å². The zero-order chi connectivity index (χ0) is 18.0. The molecule has 0 saturated carbocycles. The third-order valence-electron chi connectivity index (χ3n) is 4.59. The van der Waals surface area contributed by atoms with E-state index in [0.29, 0.717) is 28.2 Å². The van der Waals surface area contributed by atoms with Crippen molar-refractivity contribution >= 4 is 35.0 Å². The van der Waals surface area contributed by atoms with Gasteiger partial charge in [-0.3, -0.25) is 4.90 Å². The van der Waals surface area contributed by atoms with Crippen LogP contribution in [0, 0.1) is 5.92 Å². The third kappa shape index (κ3) is 4.09. The molecule has 1 aliphatic heterocycles. The summed E-state index contributed by atoms with van der Waals surface area (Å²) >= 11 is 12.2. The van der Waals surface area contributed by atoms with Gasteiger partial charge >= 0.3 is 6.09 Å². The molecule has 1 heterocycles. The first-order valence-electron chi connectivity index (χ1n) is 8.19. The van der Waals surface area contributed by atoms with Gasteiger partial charge in [0.2, 0.25) is 0 Å². The molecule has 4 nitrogen and oxygen atoms in total. The number of carbonyl (C=O) groups is 1. The third-order valence-corrected chi connectivity index (χ3v) is 5.33. The molecule has 0 aliphatic carbocycles. The van der Waals surface area contributed by atoms with Crippen LogP contribution in [0.3, 0.4) is 0 Å². The number of likely N-dealkylation sites (tertiary alicyclic amines) is 1. The van der Waals surface area contributed by atoms with E-state index >= 15 is 0 Å². The number of benzene rings is 2. The number of para-hydroxylation sites is 1. The quantitative estimate of drug-likeness (QED) is 0.804. The van der Waals surface area contributed by atoms with Crippen LogP contribution in [0.2, 0.25) is 10.0 Å². The van der Waals surface area contributed by atoms with E-state index in [1.807, 2.05) is 30.3 Å². The van der Waals surface area contributed by atoms with Gasteiger partial charge < -0.3 is 10.0 Å². The predicted octanol–water partition coefficient (Wildman–Crippen LogP) is 5.10. The van der Waals surface area contributed by atoms with Gasteiger partial charge in [0.25, 0.3) is 0 Å². The summed E-state index contributed by atoms with van der Waals surface area (Å²) in [4.78, 5) is 15.6. The van der Waals surface area contributed by atoms with Gasteiger partial charge in [-0.15, -0.1) is 0 Å². The van der Waals surface area contributed by atoms with Crippen LogP contribution in [0.15, 0.2) is 42.5 Å². The summed E-state index contributed by atoms with van der Waals surface area (Å²) in [5.74, 6) is 0.336. The maximum Gasteiger partial charge on any atom is 0.411 e. The SMILES string of the molecule is CN1CCC(CN(C(=O)O)c2ccccc2-c2ccc(Cl)c(Cl)c2)C1. The zero-order valence-corrected chi connectivity index (χ0v) is 15.5. The number of hydrogen-bond acceptors (Lipinski definition) is 2. The highest BCUT2D eigenvalue weighted by Gasteiger charge is 2.26. The highest BCUT2D eigenvalue weighted by Crippen LogP contribution is 2.35. The first-order chi connectivity index (χ1) is 12.0. The number of rotatable bonds is 4. The molecule has 1 aliphatic rings. The molecule has 1 saturated heterocycles. The molecule has 1 N–H and O–H groups in total. The van der Waals surface area contributed by atoms with Crippen molar-refractivity contribution in [2.24, 2.45) is 5.92 Å². The highest BCUT2D eigenvalue weighted by atomic mass is 35.5. The minimum Gasteiger partial charge on any atom is -0.465 e. The maximum absolute atomic E-state index is 11.9. The van der Waals surface area contributed by atoms with Crippen molar-refractivity contribution < 1.29 is 9.90 Å². The van der Waals surface area contributed by atoms with E-state index in [9.17, 15) is 9.90 Å². The molecule has 1 atom stereocenters. The van der Waals surface area contributed by atoms with E-state index in [0.717, 1.165) is 30.6 Å². The lowest BCUT2D eigenvalue weighted by molar-refractivity contribution is 0.200. The maximum atomic E-state index is 11.9. The van der Waals surface area contributed by atoms with E-state index in [4.69, 9.17) is 23.2 Å². The van der Waals surface area contributed by atoms with Crippen molar-refractivity contribution in [3.8, 4) is 11.1 Å². The van der Waals surface area contributed by atoms with Gasteiger partial charge in [0, 0.05) is 18.7 Å². The Kier molecular flexibility index (Phi) is 5.52. The van der Waals surface area contributed by atoms with E-state index in [1.54, 1.807) is 12.1 Å². The lowest BCUT2D eigenvalue weighted by atomic mass is 10.0. The molecule has 3 rings (SSSR count). The fourth-order valence-corrected chi connectivity index (χ4v) is 3.63. The Hall–Kier alpha value is -1.75. The second-order valence-corrected chi connectivity index (χ2v) is 7.27. The Morgan fingerprint density at radius 1 is 1.24 bits per heavy atom. The van der Waals surface area contributed by atoms with Crippen LogP contribution < -0.4 is 4.90 Å². The summed E-state index contributed by atoms with van der Waals surface area (Å²) < 4.78 is 0. The van der Waals surface area contributed by atoms with E-state index in [-0.39, 0.29) is 0 Å². The summed E-state index contributed by atoms with van der Waals surface area (Å²) in [5, 5.41) is 10.7. The van der Waals surface area contributed by atoms with Crippen molar-refractivity contribution in [2.45, 2.75) is 6.42 Å². The van der Waals surface area contributed by atoms with E-state index < -0.39 is 6.09 Å². The largest absolute Gasteiger partial charge is 0.465 e. The fraction of sp³-hybridized carbons (Fsp3) is 0.316. The number of amides is 1. The predicted molar refractivity (Wildman–Crippen MR) is 103 cm³/mol. The van der Waals surface area contributed by atoms with Crippen LogP contribution >= 0.6 is 23.2 Å². The molecule has 6 heteroatoms.